The van der Waals surface area contributed by atoms with Gasteiger partial charge in [0, 0.05) is 39.5 Å². The fourth-order valence-corrected chi connectivity index (χ4v) is 4.51. The zero-order valence-electron chi connectivity index (χ0n) is 21.9. The van der Waals surface area contributed by atoms with Crippen molar-refractivity contribution in [2.75, 3.05) is 5.32 Å². The summed E-state index contributed by atoms with van der Waals surface area (Å²) in [7, 11) is 0. The predicted molar refractivity (Wildman–Crippen MR) is 156 cm³/mol. The Hall–Kier alpha value is -4.38. The van der Waals surface area contributed by atoms with Crippen molar-refractivity contribution in [1.82, 2.24) is 20.2 Å². The van der Waals surface area contributed by atoms with Crippen LogP contribution in [-0.2, 0) is 0 Å². The van der Waals surface area contributed by atoms with Crippen molar-refractivity contribution in [2.45, 2.75) is 34.1 Å². The maximum Gasteiger partial charge on any atom is 0.116 e. The van der Waals surface area contributed by atoms with Crippen LogP contribution in [0.4, 0.5) is 5.69 Å². The van der Waals surface area contributed by atoms with Crippen molar-refractivity contribution in [3.8, 4) is 22.5 Å². The van der Waals surface area contributed by atoms with Gasteiger partial charge >= 0.3 is 0 Å². The third kappa shape index (κ3) is 4.85. The highest BCUT2D eigenvalue weighted by atomic mass is 15.1. The summed E-state index contributed by atoms with van der Waals surface area (Å²) in [5, 5.41) is 12.3. The lowest BCUT2D eigenvalue weighted by Gasteiger charge is -2.23. The second-order valence-corrected chi connectivity index (χ2v) is 10.5. The van der Waals surface area contributed by atoms with Crippen LogP contribution in [0, 0.1) is 12.3 Å². The molecule has 3 aromatic heterocycles. The number of benzene rings is 1. The molecule has 0 amide bonds. The van der Waals surface area contributed by atoms with Crippen LogP contribution in [0.25, 0.3) is 39.0 Å². The molecule has 186 valence electrons. The minimum Gasteiger partial charge on any atom is -0.358 e. The van der Waals surface area contributed by atoms with Gasteiger partial charge in [-0.3, -0.25) is 10.1 Å². The molecule has 3 N–H and O–H groups in total. The number of allylic oxidation sites excluding steroid dienone is 8. The van der Waals surface area contributed by atoms with Crippen LogP contribution in [0.3, 0.4) is 0 Å². The second kappa shape index (κ2) is 9.58. The minimum absolute atomic E-state index is 0.0427. The van der Waals surface area contributed by atoms with Gasteiger partial charge in [0.15, 0.2) is 0 Å². The first kappa shape index (κ1) is 24.3. The summed E-state index contributed by atoms with van der Waals surface area (Å²) >= 11 is 0. The molecule has 37 heavy (non-hydrogen) atoms. The Bertz CT molecular complexity index is 1600. The van der Waals surface area contributed by atoms with E-state index in [4.69, 9.17) is 0 Å². The molecular formula is C32H33N5. The number of fused-ring (bicyclic) bond motifs is 1. The van der Waals surface area contributed by atoms with E-state index in [1.54, 1.807) is 0 Å². The zero-order chi connectivity index (χ0) is 26.2. The molecule has 0 saturated heterocycles. The lowest BCUT2D eigenvalue weighted by molar-refractivity contribution is 0.509. The fraction of sp³-hybridized carbons (Fsp3) is 0.188. The highest BCUT2D eigenvalue weighted by molar-refractivity contribution is 5.96. The Kier molecular flexibility index (Phi) is 6.30. The van der Waals surface area contributed by atoms with Crippen molar-refractivity contribution in [1.29, 1.82) is 0 Å². The van der Waals surface area contributed by atoms with E-state index in [0.717, 1.165) is 68.1 Å². The second-order valence-electron chi connectivity index (χ2n) is 10.5. The monoisotopic (exact) mass is 487 g/mol. The molecule has 0 spiro atoms. The number of aromatic nitrogens is 4. The molecule has 0 radical (unpaired) electrons. The number of aromatic amines is 2. The predicted octanol–water partition coefficient (Wildman–Crippen LogP) is 8.36. The molecule has 5 rings (SSSR count). The van der Waals surface area contributed by atoms with Crippen molar-refractivity contribution in [2.24, 2.45) is 5.41 Å². The largest absolute Gasteiger partial charge is 0.358 e. The Morgan fingerprint density at radius 1 is 1.11 bits per heavy atom. The van der Waals surface area contributed by atoms with Crippen LogP contribution in [0.2, 0.25) is 0 Å². The molecule has 3 heterocycles. The van der Waals surface area contributed by atoms with Crippen molar-refractivity contribution >= 4 is 22.2 Å². The Morgan fingerprint density at radius 3 is 2.68 bits per heavy atom. The number of hydrogen-bond donors (Lipinski definition) is 3. The molecule has 0 atom stereocenters. The van der Waals surface area contributed by atoms with E-state index >= 15 is 0 Å². The quantitative estimate of drug-likeness (QED) is 0.229. The van der Waals surface area contributed by atoms with Gasteiger partial charge in [0.25, 0.3) is 0 Å². The highest BCUT2D eigenvalue weighted by Gasteiger charge is 2.18. The van der Waals surface area contributed by atoms with Gasteiger partial charge in [0.05, 0.1) is 23.1 Å². The van der Waals surface area contributed by atoms with Crippen molar-refractivity contribution in [3.63, 3.8) is 0 Å². The number of aryl methyl sites for hydroxylation is 1. The van der Waals surface area contributed by atoms with E-state index in [0.29, 0.717) is 0 Å². The van der Waals surface area contributed by atoms with Crippen LogP contribution in [-0.4, -0.2) is 20.2 Å². The van der Waals surface area contributed by atoms with E-state index in [-0.39, 0.29) is 5.41 Å². The lowest BCUT2D eigenvalue weighted by Crippen LogP contribution is -2.15. The molecule has 1 aliphatic rings. The standard InChI is InChI=1S/C32H33N5/c1-7-10-26(22-11-8-9-12-22)27-17-30(34-20(27)2)31-28-16-23(13-14-29(28)36-37-31)24-15-25(19-33-18-24)35-21(3)32(4,5)6/h7-8,10-19,34-35H,1,3,9H2,2,4-6H3,(H,36,37)/b26-10-. The molecule has 5 heteroatoms. The van der Waals surface area contributed by atoms with Crippen LogP contribution in [0.1, 0.15) is 38.4 Å². The maximum atomic E-state index is 4.68. The Morgan fingerprint density at radius 2 is 1.95 bits per heavy atom. The number of hydrogen-bond acceptors (Lipinski definition) is 3. The summed E-state index contributed by atoms with van der Waals surface area (Å²) < 4.78 is 0. The molecule has 1 aromatic carbocycles. The lowest BCUT2D eigenvalue weighted by atomic mass is 9.93. The van der Waals surface area contributed by atoms with Crippen LogP contribution in [0.15, 0.2) is 97.5 Å². The van der Waals surface area contributed by atoms with E-state index in [2.05, 4.69) is 121 Å². The van der Waals surface area contributed by atoms with E-state index < -0.39 is 0 Å². The van der Waals surface area contributed by atoms with Gasteiger partial charge in [-0.1, -0.05) is 70.4 Å². The highest BCUT2D eigenvalue weighted by Crippen LogP contribution is 2.36. The molecule has 1 aliphatic carbocycles. The molecule has 0 unspecified atom stereocenters. The summed E-state index contributed by atoms with van der Waals surface area (Å²) in [6.45, 7) is 16.6. The van der Waals surface area contributed by atoms with E-state index in [1.165, 1.54) is 5.57 Å². The first-order valence-electron chi connectivity index (χ1n) is 12.5. The van der Waals surface area contributed by atoms with Gasteiger partial charge in [-0.25, -0.2) is 0 Å². The SMILES string of the molecule is C=C/C=C(/C1=CCC=C1)c1cc(-c2n[nH]c3ccc(-c4cncc(NC(=C)C(C)(C)C)c4)cc23)[nH]c1C. The normalized spacial score (nSPS) is 13.7. The van der Waals surface area contributed by atoms with Gasteiger partial charge in [0.2, 0.25) is 0 Å². The third-order valence-corrected chi connectivity index (χ3v) is 6.76. The third-order valence-electron chi connectivity index (χ3n) is 6.76. The average molecular weight is 488 g/mol. The summed E-state index contributed by atoms with van der Waals surface area (Å²) in [6.07, 6.45) is 15.2. The van der Waals surface area contributed by atoms with Crippen LogP contribution >= 0.6 is 0 Å². The first-order chi connectivity index (χ1) is 17.7. The van der Waals surface area contributed by atoms with Gasteiger partial charge in [0.1, 0.15) is 5.69 Å². The van der Waals surface area contributed by atoms with E-state index in [9.17, 15) is 0 Å². The average Bonchev–Trinajstić information content (AvgIpc) is 3.62. The molecule has 0 fully saturated rings. The minimum atomic E-state index is -0.0427. The number of nitrogens with one attached hydrogen (secondary N) is 3. The molecule has 0 bridgehead atoms. The number of anilines is 1. The summed E-state index contributed by atoms with van der Waals surface area (Å²) in [4.78, 5) is 8.04. The number of nitrogens with zero attached hydrogens (tertiary/aromatic N) is 2. The number of H-pyrrole nitrogens is 2. The summed E-state index contributed by atoms with van der Waals surface area (Å²) in [5.41, 5.74) is 11.4. The molecule has 5 nitrogen and oxygen atoms in total. The fourth-order valence-electron chi connectivity index (χ4n) is 4.51. The van der Waals surface area contributed by atoms with Gasteiger partial charge in [-0.05, 0) is 54.3 Å². The maximum absolute atomic E-state index is 4.68. The first-order valence-corrected chi connectivity index (χ1v) is 12.5. The molecule has 4 aromatic rings. The molecule has 0 aliphatic heterocycles. The van der Waals surface area contributed by atoms with Gasteiger partial charge in [-0.2, -0.15) is 5.10 Å². The smallest absolute Gasteiger partial charge is 0.116 e. The summed E-state index contributed by atoms with van der Waals surface area (Å²) in [5.74, 6) is 0. The van der Waals surface area contributed by atoms with Crippen LogP contribution in [0.5, 0.6) is 0 Å². The Balaban J connectivity index is 1.52. The van der Waals surface area contributed by atoms with Crippen molar-refractivity contribution < 1.29 is 0 Å². The topological polar surface area (TPSA) is 69.4 Å². The van der Waals surface area contributed by atoms with Gasteiger partial charge in [-0.15, -0.1) is 0 Å². The van der Waals surface area contributed by atoms with E-state index in [1.807, 2.05) is 18.5 Å². The summed E-state index contributed by atoms with van der Waals surface area (Å²) in [6, 6.07) is 10.6. The van der Waals surface area contributed by atoms with Gasteiger partial charge < -0.3 is 10.3 Å². The zero-order valence-corrected chi connectivity index (χ0v) is 21.9. The Labute approximate surface area is 218 Å². The molecule has 0 saturated carbocycles. The van der Waals surface area contributed by atoms with Crippen LogP contribution < -0.4 is 5.32 Å². The number of pyridine rings is 1. The number of rotatable bonds is 7. The van der Waals surface area contributed by atoms with Crippen molar-refractivity contribution in [3.05, 3.63) is 109 Å². The molecular weight excluding hydrogens is 454 g/mol.